The highest BCUT2D eigenvalue weighted by molar-refractivity contribution is 8.32. The molecule has 2 atom stereocenters. The van der Waals surface area contributed by atoms with Gasteiger partial charge in [0.2, 0.25) is 11.0 Å². The molecule has 5 rings (SSSR count). The van der Waals surface area contributed by atoms with Crippen LogP contribution in [0.3, 0.4) is 0 Å². The normalized spacial score (nSPS) is 24.8. The number of rotatable bonds is 8. The lowest BCUT2D eigenvalue weighted by Gasteiger charge is -2.43. The van der Waals surface area contributed by atoms with E-state index in [-0.39, 0.29) is 35.0 Å². The number of esters is 1. The molecule has 14 heteroatoms. The van der Waals surface area contributed by atoms with Crippen LogP contribution < -0.4 is 15.8 Å². The molecule has 0 aliphatic heterocycles. The van der Waals surface area contributed by atoms with Crippen LogP contribution in [0.4, 0.5) is 0 Å². The van der Waals surface area contributed by atoms with Gasteiger partial charge in [0.05, 0.1) is 13.5 Å². The van der Waals surface area contributed by atoms with Crippen LogP contribution in [-0.2, 0) is 34.2 Å². The molecule has 0 bridgehead atoms. The van der Waals surface area contributed by atoms with Gasteiger partial charge in [-0.25, -0.2) is 9.19 Å². The minimum Gasteiger partial charge on any atom is -0.469 e. The molecule has 3 aromatic rings. The third-order valence-electron chi connectivity index (χ3n) is 6.60. The SMILES string of the molecule is COC(=O)CCC(=O)NS(=O)(=S)c1ccc(C(=O)N[C@@]2(N)C#CC3(CC(c4nc5cc(Cl)ccc5o4)C3)C2)o1. The molecule has 204 valence electrons. The van der Waals surface area contributed by atoms with E-state index in [4.69, 9.17) is 37.4 Å². The largest absolute Gasteiger partial charge is 0.469 e. The summed E-state index contributed by atoms with van der Waals surface area (Å²) in [6.45, 7) is 0. The van der Waals surface area contributed by atoms with Gasteiger partial charge in [-0.15, -0.1) is 0 Å². The minimum atomic E-state index is -3.57. The number of nitrogens with one attached hydrogen (secondary N) is 2. The van der Waals surface area contributed by atoms with Gasteiger partial charge in [0.15, 0.2) is 31.6 Å². The Labute approximate surface area is 233 Å². The Morgan fingerprint density at radius 2 is 2.00 bits per heavy atom. The van der Waals surface area contributed by atoms with Crippen LogP contribution in [0.5, 0.6) is 0 Å². The van der Waals surface area contributed by atoms with E-state index in [0.29, 0.717) is 41.3 Å². The molecule has 1 spiro atoms. The van der Waals surface area contributed by atoms with Gasteiger partial charge in [-0.2, -0.15) is 0 Å². The summed E-state index contributed by atoms with van der Waals surface area (Å²) in [5.74, 6) is 4.60. The predicted octanol–water partition coefficient (Wildman–Crippen LogP) is 2.52. The maximum absolute atomic E-state index is 12.9. The molecular weight excluding hydrogens is 568 g/mol. The second-order valence-corrected chi connectivity index (χ2v) is 13.1. The van der Waals surface area contributed by atoms with Crippen molar-refractivity contribution in [2.45, 2.75) is 48.8 Å². The zero-order valence-electron chi connectivity index (χ0n) is 20.6. The first-order valence-electron chi connectivity index (χ1n) is 11.8. The molecule has 2 aliphatic carbocycles. The van der Waals surface area contributed by atoms with Crippen molar-refractivity contribution >= 4 is 60.4 Å². The number of ether oxygens (including phenoxy) is 1. The number of oxazole rings is 1. The predicted molar refractivity (Wildman–Crippen MR) is 142 cm³/mol. The number of methoxy groups -OCH3 is 1. The highest BCUT2D eigenvalue weighted by atomic mass is 35.5. The lowest BCUT2D eigenvalue weighted by atomic mass is 9.61. The monoisotopic (exact) mass is 590 g/mol. The molecule has 1 fully saturated rings. The van der Waals surface area contributed by atoms with Gasteiger partial charge in [0.1, 0.15) is 5.52 Å². The van der Waals surface area contributed by atoms with Gasteiger partial charge in [0, 0.05) is 40.4 Å². The summed E-state index contributed by atoms with van der Waals surface area (Å²) >= 11 is 11.0. The van der Waals surface area contributed by atoms with E-state index >= 15 is 0 Å². The van der Waals surface area contributed by atoms with E-state index in [1.54, 1.807) is 18.2 Å². The maximum atomic E-state index is 12.9. The number of benzene rings is 1. The average molecular weight is 591 g/mol. The van der Waals surface area contributed by atoms with Crippen LogP contribution in [0.15, 0.2) is 44.3 Å². The van der Waals surface area contributed by atoms with Crippen LogP contribution >= 0.6 is 11.6 Å². The van der Waals surface area contributed by atoms with E-state index in [2.05, 4.69) is 31.6 Å². The van der Waals surface area contributed by atoms with Gasteiger partial charge >= 0.3 is 5.97 Å². The Balaban J connectivity index is 1.17. The van der Waals surface area contributed by atoms with Gasteiger partial charge in [-0.3, -0.25) is 24.8 Å². The summed E-state index contributed by atoms with van der Waals surface area (Å²) in [5, 5.41) is 2.97. The van der Waals surface area contributed by atoms with Crippen LogP contribution in [0, 0.1) is 17.3 Å². The molecular formula is C25H23ClN4O7S2. The number of furan rings is 1. The Kier molecular flexibility index (Phi) is 6.92. The third-order valence-corrected chi connectivity index (χ3v) is 8.82. The van der Waals surface area contributed by atoms with Crippen LogP contribution in [0.1, 0.15) is 54.5 Å². The molecule has 1 saturated carbocycles. The van der Waals surface area contributed by atoms with Gasteiger partial charge < -0.3 is 18.9 Å². The third kappa shape index (κ3) is 5.65. The number of carbonyl (C=O) groups excluding carboxylic acids is 3. The molecule has 4 N–H and O–H groups in total. The highest BCUT2D eigenvalue weighted by Crippen LogP contribution is 2.56. The number of hydrogen-bond acceptors (Lipinski definition) is 10. The topological polar surface area (TPSA) is 167 Å². The molecule has 39 heavy (non-hydrogen) atoms. The van der Waals surface area contributed by atoms with Crippen molar-refractivity contribution in [3.05, 3.63) is 47.0 Å². The lowest BCUT2D eigenvalue weighted by Crippen LogP contribution is -2.56. The molecule has 11 nitrogen and oxygen atoms in total. The number of carbonyl (C=O) groups is 3. The number of nitrogens with two attached hydrogens (primary N) is 1. The highest BCUT2D eigenvalue weighted by Gasteiger charge is 2.53. The summed E-state index contributed by atoms with van der Waals surface area (Å²) in [4.78, 5) is 40.6. The van der Waals surface area contributed by atoms with Crippen molar-refractivity contribution in [3.63, 3.8) is 0 Å². The van der Waals surface area contributed by atoms with Crippen molar-refractivity contribution in [2.24, 2.45) is 11.1 Å². The standard InChI is InChI=1S/C25H23ClN4O7S2/c1-35-20(32)6-5-19(31)30-39(34,38)21-7-4-18(36-21)22(33)29-25(27)9-8-24(13-25)11-14(12-24)23-28-16-10-15(26)2-3-17(16)37-23/h2-4,7,10,14H,5-6,11-13,27H2,1H3,(H,29,33)(H,30,31)/t14?,24?,25-,39?/m0/s1. The molecule has 1 unspecified atom stereocenters. The van der Waals surface area contributed by atoms with Crippen molar-refractivity contribution in [3.8, 4) is 11.8 Å². The molecule has 2 aliphatic rings. The zero-order chi connectivity index (χ0) is 28.0. The van der Waals surface area contributed by atoms with Crippen molar-refractivity contribution in [1.29, 1.82) is 0 Å². The fourth-order valence-corrected chi connectivity index (χ4v) is 6.42. The number of halogens is 1. The van der Waals surface area contributed by atoms with Gasteiger partial charge in [-0.1, -0.05) is 23.4 Å². The number of aromatic nitrogens is 1. The molecule has 0 radical (unpaired) electrons. The second-order valence-electron chi connectivity index (χ2n) is 9.63. The van der Waals surface area contributed by atoms with E-state index < -0.39 is 32.1 Å². The number of hydrogen-bond donors (Lipinski definition) is 3. The van der Waals surface area contributed by atoms with E-state index in [1.165, 1.54) is 19.2 Å². The maximum Gasteiger partial charge on any atom is 0.306 e. The summed E-state index contributed by atoms with van der Waals surface area (Å²) in [7, 11) is -2.39. The van der Waals surface area contributed by atoms with Crippen LogP contribution in [0.2, 0.25) is 5.02 Å². The van der Waals surface area contributed by atoms with E-state index in [0.717, 1.165) is 0 Å². The van der Waals surface area contributed by atoms with Crippen molar-refractivity contribution in [2.75, 3.05) is 7.11 Å². The fraction of sp³-hybridized carbons (Fsp3) is 0.360. The number of fused-ring (bicyclic) bond motifs is 1. The quantitative estimate of drug-likeness (QED) is 0.201. The van der Waals surface area contributed by atoms with E-state index in [1.807, 2.05) is 0 Å². The van der Waals surface area contributed by atoms with Crippen LogP contribution in [-0.4, -0.2) is 39.7 Å². The second kappa shape index (κ2) is 9.95. The van der Waals surface area contributed by atoms with Crippen molar-refractivity contribution in [1.82, 2.24) is 15.0 Å². The lowest BCUT2D eigenvalue weighted by molar-refractivity contribution is -0.142. The van der Waals surface area contributed by atoms with Crippen LogP contribution in [0.25, 0.3) is 11.1 Å². The summed E-state index contributed by atoms with van der Waals surface area (Å²) < 4.78 is 30.7. The molecule has 2 aromatic heterocycles. The summed E-state index contributed by atoms with van der Waals surface area (Å²) in [6, 6.07) is 7.78. The smallest absolute Gasteiger partial charge is 0.306 e. The summed E-state index contributed by atoms with van der Waals surface area (Å²) in [5.41, 5.74) is 6.06. The minimum absolute atomic E-state index is 0.0687. The zero-order valence-corrected chi connectivity index (χ0v) is 23.0. The van der Waals surface area contributed by atoms with Crippen molar-refractivity contribution < 1.29 is 32.2 Å². The van der Waals surface area contributed by atoms with Gasteiger partial charge in [0.25, 0.3) is 5.91 Å². The first-order chi connectivity index (χ1) is 18.4. The first-order valence-corrected chi connectivity index (χ1v) is 14.7. The molecule has 2 amide bonds. The molecule has 0 saturated heterocycles. The first kappa shape index (κ1) is 27.1. The number of nitrogens with zero attached hydrogens (tertiary/aromatic N) is 1. The fourth-order valence-electron chi connectivity index (χ4n) is 4.76. The Morgan fingerprint density at radius 3 is 2.74 bits per heavy atom. The van der Waals surface area contributed by atoms with Gasteiger partial charge in [-0.05, 0) is 43.2 Å². The Morgan fingerprint density at radius 1 is 1.23 bits per heavy atom. The Bertz CT molecular complexity index is 1660. The Hall–Kier alpha value is -3.44. The van der Waals surface area contributed by atoms with E-state index in [9.17, 15) is 18.6 Å². The molecule has 1 aromatic carbocycles. The molecule has 2 heterocycles. The number of amides is 2. The average Bonchev–Trinajstić information content (AvgIpc) is 3.58. The summed E-state index contributed by atoms with van der Waals surface area (Å²) in [6.07, 6.45) is 1.23.